The van der Waals surface area contributed by atoms with E-state index in [1.54, 1.807) is 11.1 Å². The van der Waals surface area contributed by atoms with Gasteiger partial charge in [0.2, 0.25) is 0 Å². The van der Waals surface area contributed by atoms with Gasteiger partial charge in [-0.25, -0.2) is 4.98 Å². The Labute approximate surface area is 351 Å². The second-order valence-electron chi connectivity index (χ2n) is 17.7. The lowest BCUT2D eigenvalue weighted by atomic mass is 9.75. The lowest BCUT2D eigenvalue weighted by Gasteiger charge is -2.30. The Morgan fingerprint density at radius 3 is 2.32 bits per heavy atom. The number of allylic oxidation sites excluding steroid dienone is 6. The molecule has 7 nitrogen and oxygen atoms in total. The summed E-state index contributed by atoms with van der Waals surface area (Å²) in [7, 11) is 1.98. The zero-order valence-electron chi connectivity index (χ0n) is 36.0. The predicted octanol–water partition coefficient (Wildman–Crippen LogP) is 11.3. The smallest absolute Gasteiger partial charge is 0.254 e. The molecular formula is C52H65N5O2. The maximum atomic E-state index is 14.2. The summed E-state index contributed by atoms with van der Waals surface area (Å²) in [5.74, 6) is 1.70. The second-order valence-corrected chi connectivity index (χ2v) is 17.7. The average Bonchev–Trinajstić information content (AvgIpc) is 3.53. The molecule has 4 fully saturated rings. The second kappa shape index (κ2) is 18.7. The Kier molecular flexibility index (Phi) is 13.0. The number of nitrogens with two attached hydrogens (primary N) is 1. The number of anilines is 1. The first-order valence-corrected chi connectivity index (χ1v) is 22.6. The number of fused-ring (bicyclic) bond motifs is 4. The van der Waals surface area contributed by atoms with E-state index in [2.05, 4.69) is 73.9 Å². The Morgan fingerprint density at radius 2 is 1.69 bits per heavy atom. The van der Waals surface area contributed by atoms with Crippen LogP contribution in [0.2, 0.25) is 0 Å². The van der Waals surface area contributed by atoms with Crippen molar-refractivity contribution in [2.24, 2.45) is 5.92 Å². The fraction of sp³-hybridized carbons (Fsp3) is 0.462. The minimum absolute atomic E-state index is 0.164. The third kappa shape index (κ3) is 9.07. The largest absolute Gasteiger partial charge is 0.465 e. The molecule has 3 heterocycles. The first-order chi connectivity index (χ1) is 28.8. The molecule has 310 valence electrons. The molecule has 0 saturated heterocycles. The van der Waals surface area contributed by atoms with Crippen molar-refractivity contribution < 1.29 is 4.74 Å². The molecule has 7 heteroatoms. The van der Waals surface area contributed by atoms with Gasteiger partial charge in [-0.1, -0.05) is 84.9 Å². The van der Waals surface area contributed by atoms with Crippen LogP contribution < -0.4 is 26.7 Å². The van der Waals surface area contributed by atoms with Crippen LogP contribution >= 0.6 is 0 Å². The van der Waals surface area contributed by atoms with Crippen LogP contribution in [0.5, 0.6) is 5.75 Å². The highest BCUT2D eigenvalue weighted by Crippen LogP contribution is 2.43. The Hall–Kier alpha value is -4.72. The summed E-state index contributed by atoms with van der Waals surface area (Å²) >= 11 is 0. The standard InChI is InChI=1S/C34H39N3O2.C18H26N2/c1-3-25(20(2)23-11-6-12-23)26-17-31-33-29(18-37(31)34(38)27(26)15-21-7-4-8-21)32(35)28-16-24(13-14-30(28)36-33)39-19-22-9-5-10-22;1-15(18-4-3-5-18)6-7-16-8-10-17(11-9-16)14-20-13-12-19-2/h13-14,16-17,19,21,25H,3-12,15,18H2,1-2H3,(H2,35,36);6-11,19-20H,3-5,12-14H2,1-2H3/b;7-6+/t25-;/m0./s1. The Morgan fingerprint density at radius 1 is 0.949 bits per heavy atom. The van der Waals surface area contributed by atoms with E-state index in [-0.39, 0.29) is 5.56 Å². The molecule has 59 heavy (non-hydrogen) atoms. The predicted molar refractivity (Wildman–Crippen MR) is 246 cm³/mol. The van der Waals surface area contributed by atoms with Crippen molar-refractivity contribution in [2.75, 3.05) is 25.9 Å². The van der Waals surface area contributed by atoms with Gasteiger partial charge in [0.1, 0.15) is 5.75 Å². The SMILES string of the molecule is CC[C@@H](C(C)=C1CCC1)c1cc2n(c(=O)c1CC1CCC1)Cc1c-2nc2ccc(OC=C3CCC3)cc2c1N.CNCCNCc1ccc(/C=C/C(C)=C2CCC2)cc1. The van der Waals surface area contributed by atoms with E-state index < -0.39 is 0 Å². The maximum absolute atomic E-state index is 14.2. The fourth-order valence-electron chi connectivity index (χ4n) is 9.16. The molecule has 1 aliphatic heterocycles. The molecule has 0 bridgehead atoms. The van der Waals surface area contributed by atoms with Crippen molar-refractivity contribution in [3.05, 3.63) is 127 Å². The van der Waals surface area contributed by atoms with Gasteiger partial charge >= 0.3 is 0 Å². The summed E-state index contributed by atoms with van der Waals surface area (Å²) in [5.41, 5.74) is 23.7. The molecule has 0 radical (unpaired) electrons. The molecule has 4 saturated carbocycles. The Balaban J connectivity index is 0.000000204. The first-order valence-electron chi connectivity index (χ1n) is 22.6. The number of aromatic nitrogens is 2. The van der Waals surface area contributed by atoms with Crippen LogP contribution in [0.1, 0.15) is 138 Å². The van der Waals surface area contributed by atoms with Gasteiger partial charge in [-0.15, -0.1) is 0 Å². The highest BCUT2D eigenvalue weighted by atomic mass is 16.5. The van der Waals surface area contributed by atoms with Gasteiger partial charge in [-0.3, -0.25) is 4.79 Å². The summed E-state index contributed by atoms with van der Waals surface area (Å²) in [6.45, 7) is 10.2. The highest BCUT2D eigenvalue weighted by molar-refractivity contribution is 5.96. The van der Waals surface area contributed by atoms with Gasteiger partial charge in [-0.05, 0) is 144 Å². The van der Waals surface area contributed by atoms with E-state index in [9.17, 15) is 4.79 Å². The van der Waals surface area contributed by atoms with Crippen molar-refractivity contribution in [1.82, 2.24) is 20.2 Å². The molecule has 1 atom stereocenters. The zero-order chi connectivity index (χ0) is 40.9. The van der Waals surface area contributed by atoms with Gasteiger partial charge in [0.05, 0.1) is 29.7 Å². The van der Waals surface area contributed by atoms with Crippen LogP contribution in [0.15, 0.2) is 93.5 Å². The fourth-order valence-corrected chi connectivity index (χ4v) is 9.16. The van der Waals surface area contributed by atoms with Crippen molar-refractivity contribution in [3.8, 4) is 17.1 Å². The lowest BCUT2D eigenvalue weighted by molar-refractivity contribution is 0.312. The summed E-state index contributed by atoms with van der Waals surface area (Å²) in [4.78, 5) is 19.3. The minimum atomic E-state index is 0.164. The molecule has 0 spiro atoms. The maximum Gasteiger partial charge on any atom is 0.254 e. The van der Waals surface area contributed by atoms with Crippen LogP contribution in [0.4, 0.5) is 5.69 Å². The van der Waals surface area contributed by atoms with E-state index in [1.165, 1.54) is 97.6 Å². The number of rotatable bonds is 14. The van der Waals surface area contributed by atoms with E-state index >= 15 is 0 Å². The normalized spacial score (nSPS) is 17.3. The molecule has 2 aromatic heterocycles. The number of hydrogen-bond acceptors (Lipinski definition) is 6. The van der Waals surface area contributed by atoms with Crippen molar-refractivity contribution in [1.29, 1.82) is 0 Å². The lowest BCUT2D eigenvalue weighted by Crippen LogP contribution is -2.29. The van der Waals surface area contributed by atoms with Crippen LogP contribution in [0.25, 0.3) is 28.4 Å². The number of nitrogen functional groups attached to an aromatic ring is 1. The number of likely N-dealkylation sites (N-methyl/N-ethyl adjacent to an activating group) is 1. The van der Waals surface area contributed by atoms with Crippen LogP contribution in [0.3, 0.4) is 0 Å². The van der Waals surface area contributed by atoms with E-state index in [4.69, 9.17) is 15.5 Å². The molecule has 0 amide bonds. The quantitative estimate of drug-likeness (QED) is 0.0589. The van der Waals surface area contributed by atoms with Gasteiger partial charge in [0.15, 0.2) is 0 Å². The van der Waals surface area contributed by atoms with Gasteiger partial charge < -0.3 is 25.7 Å². The number of hydrogen-bond donors (Lipinski definition) is 3. The average molecular weight is 792 g/mol. The van der Waals surface area contributed by atoms with Gasteiger partial charge in [0.25, 0.3) is 5.56 Å². The molecule has 4 aromatic rings. The van der Waals surface area contributed by atoms with E-state index in [0.29, 0.717) is 24.1 Å². The van der Waals surface area contributed by atoms with Crippen LogP contribution in [0, 0.1) is 5.92 Å². The molecule has 4 N–H and O–H groups in total. The third-order valence-corrected chi connectivity index (χ3v) is 13.9. The minimum Gasteiger partial charge on any atom is -0.465 e. The van der Waals surface area contributed by atoms with Crippen molar-refractivity contribution in [2.45, 2.75) is 130 Å². The van der Waals surface area contributed by atoms with Crippen molar-refractivity contribution in [3.63, 3.8) is 0 Å². The molecule has 0 unspecified atom stereocenters. The first kappa shape index (κ1) is 41.0. The molecule has 9 rings (SSSR count). The van der Waals surface area contributed by atoms with Gasteiger partial charge in [-0.2, -0.15) is 0 Å². The van der Waals surface area contributed by atoms with E-state index in [0.717, 1.165) is 84.5 Å². The summed E-state index contributed by atoms with van der Waals surface area (Å²) in [6.07, 6.45) is 23.2. The van der Waals surface area contributed by atoms with Crippen LogP contribution in [-0.4, -0.2) is 29.7 Å². The third-order valence-electron chi connectivity index (χ3n) is 13.9. The monoisotopic (exact) mass is 792 g/mol. The van der Waals surface area contributed by atoms with Crippen LogP contribution in [-0.2, 0) is 19.5 Å². The summed E-state index contributed by atoms with van der Waals surface area (Å²) in [5, 5.41) is 7.44. The number of nitrogens with zero attached hydrogens (tertiary/aromatic N) is 2. The number of ether oxygens (including phenoxy) is 1. The summed E-state index contributed by atoms with van der Waals surface area (Å²) in [6, 6.07) is 17.1. The molecular weight excluding hydrogens is 727 g/mol. The Bertz CT molecular complexity index is 2340. The van der Waals surface area contributed by atoms with Crippen molar-refractivity contribution >= 4 is 22.7 Å². The number of benzene rings is 2. The topological polar surface area (TPSA) is 94.2 Å². The van der Waals surface area contributed by atoms with E-state index in [1.807, 2.05) is 36.1 Å². The number of nitrogens with one attached hydrogen (secondary N) is 2. The molecule has 5 aliphatic rings. The molecule has 2 aromatic carbocycles. The zero-order valence-corrected chi connectivity index (χ0v) is 36.0. The number of pyridine rings is 2. The molecule has 4 aliphatic carbocycles. The van der Waals surface area contributed by atoms with Gasteiger partial charge in [0, 0.05) is 47.8 Å². The summed E-state index contributed by atoms with van der Waals surface area (Å²) < 4.78 is 7.89. The highest BCUT2D eigenvalue weighted by Gasteiger charge is 2.32.